The number of thioether (sulfide) groups is 1. The lowest BCUT2D eigenvalue weighted by molar-refractivity contribution is -0.131. The van der Waals surface area contributed by atoms with E-state index in [1.807, 2.05) is 30.0 Å². The van der Waals surface area contributed by atoms with Crippen molar-refractivity contribution < 1.29 is 9.59 Å². The predicted molar refractivity (Wildman–Crippen MR) is 118 cm³/mol. The predicted octanol–water partition coefficient (Wildman–Crippen LogP) is 5.22. The second-order valence-electron chi connectivity index (χ2n) is 9.83. The molecule has 2 N–H and O–H groups in total. The molecular formula is C25H29NO2S. The van der Waals surface area contributed by atoms with Gasteiger partial charge in [0.1, 0.15) is 5.78 Å². The molecule has 0 radical (unpaired) electrons. The molecule has 0 saturated heterocycles. The van der Waals surface area contributed by atoms with Crippen LogP contribution < -0.4 is 5.73 Å². The molecule has 0 spiro atoms. The van der Waals surface area contributed by atoms with E-state index in [9.17, 15) is 9.59 Å². The molecule has 0 bridgehead atoms. The second kappa shape index (κ2) is 6.60. The first kappa shape index (κ1) is 19.2. The Morgan fingerprint density at radius 3 is 2.59 bits per heavy atom. The zero-order chi connectivity index (χ0) is 20.4. The summed E-state index contributed by atoms with van der Waals surface area (Å²) in [6, 6.07) is 8.13. The molecule has 4 aliphatic carbocycles. The van der Waals surface area contributed by atoms with Crippen molar-refractivity contribution in [2.75, 3.05) is 5.73 Å². The van der Waals surface area contributed by atoms with Crippen LogP contribution in [0.1, 0.15) is 46.0 Å². The average molecular weight is 408 g/mol. The summed E-state index contributed by atoms with van der Waals surface area (Å²) in [5.41, 5.74) is 7.74. The van der Waals surface area contributed by atoms with Gasteiger partial charge in [-0.05, 0) is 79.9 Å². The van der Waals surface area contributed by atoms with Gasteiger partial charge in [0, 0.05) is 33.1 Å². The summed E-state index contributed by atoms with van der Waals surface area (Å²) in [6.07, 6.45) is 10.6. The van der Waals surface area contributed by atoms with Crippen LogP contribution in [0.25, 0.3) is 0 Å². The van der Waals surface area contributed by atoms with Crippen molar-refractivity contribution in [2.45, 2.75) is 56.1 Å². The Balaban J connectivity index is 1.56. The molecule has 4 aliphatic rings. The van der Waals surface area contributed by atoms with Crippen LogP contribution in [0.15, 0.2) is 53.0 Å². The van der Waals surface area contributed by atoms with Crippen LogP contribution in [-0.2, 0) is 9.59 Å². The third kappa shape index (κ3) is 2.86. The van der Waals surface area contributed by atoms with Gasteiger partial charge >= 0.3 is 0 Å². The van der Waals surface area contributed by atoms with E-state index < -0.39 is 0 Å². The number of benzene rings is 1. The van der Waals surface area contributed by atoms with Crippen LogP contribution in [0.4, 0.5) is 5.69 Å². The number of fused-ring (bicyclic) bond motifs is 5. The van der Waals surface area contributed by atoms with Crippen LogP contribution in [0, 0.1) is 28.6 Å². The van der Waals surface area contributed by atoms with E-state index in [1.165, 1.54) is 10.5 Å². The molecule has 4 heteroatoms. The fourth-order valence-electron chi connectivity index (χ4n) is 6.76. The minimum atomic E-state index is -0.160. The highest BCUT2D eigenvalue weighted by Gasteiger charge is 2.61. The lowest BCUT2D eigenvalue weighted by atomic mass is 9.48. The Hall–Kier alpha value is -1.81. The van der Waals surface area contributed by atoms with Gasteiger partial charge in [-0.15, -0.1) is 11.8 Å². The summed E-state index contributed by atoms with van der Waals surface area (Å²) in [5.74, 6) is 2.01. The van der Waals surface area contributed by atoms with E-state index in [1.54, 1.807) is 6.08 Å². The largest absolute Gasteiger partial charge is 0.399 e. The smallest absolute Gasteiger partial charge is 0.178 e. The third-order valence-electron chi connectivity index (χ3n) is 8.43. The van der Waals surface area contributed by atoms with E-state index in [2.05, 4.69) is 32.1 Å². The van der Waals surface area contributed by atoms with Gasteiger partial charge in [-0.1, -0.05) is 25.5 Å². The Labute approximate surface area is 177 Å². The van der Waals surface area contributed by atoms with Crippen LogP contribution in [0.5, 0.6) is 0 Å². The van der Waals surface area contributed by atoms with Crippen LogP contribution in [-0.4, -0.2) is 16.8 Å². The van der Waals surface area contributed by atoms with Gasteiger partial charge in [0.25, 0.3) is 0 Å². The van der Waals surface area contributed by atoms with Gasteiger partial charge in [-0.25, -0.2) is 0 Å². The Bertz CT molecular complexity index is 933. The number of rotatable bonds is 2. The quantitative estimate of drug-likeness (QED) is 0.683. The maximum Gasteiger partial charge on any atom is 0.178 e. The summed E-state index contributed by atoms with van der Waals surface area (Å²) >= 11 is 1.92. The van der Waals surface area contributed by atoms with Crippen molar-refractivity contribution in [3.05, 3.63) is 48.1 Å². The van der Waals surface area contributed by atoms with E-state index in [-0.39, 0.29) is 16.6 Å². The molecule has 0 amide bonds. The number of ketones is 2. The lowest BCUT2D eigenvalue weighted by Crippen LogP contribution is -2.54. The van der Waals surface area contributed by atoms with E-state index in [0.29, 0.717) is 28.8 Å². The first-order chi connectivity index (χ1) is 13.8. The summed E-state index contributed by atoms with van der Waals surface area (Å²) in [4.78, 5) is 26.2. The zero-order valence-corrected chi connectivity index (χ0v) is 18.0. The molecule has 152 valence electrons. The number of Topliss-reactive ketones (excluding diaryl/α,β-unsaturated/α-hetero) is 1. The number of allylic oxidation sites excluding steroid dienone is 4. The van der Waals surface area contributed by atoms with Crippen molar-refractivity contribution in [3.8, 4) is 0 Å². The molecular weight excluding hydrogens is 378 g/mol. The molecule has 0 aromatic heterocycles. The maximum atomic E-state index is 12.8. The second-order valence-corrected chi connectivity index (χ2v) is 11.1. The van der Waals surface area contributed by atoms with Gasteiger partial charge in [0.15, 0.2) is 5.78 Å². The average Bonchev–Trinajstić information content (AvgIpc) is 3.00. The molecule has 3 nitrogen and oxygen atoms in total. The molecule has 6 atom stereocenters. The van der Waals surface area contributed by atoms with E-state index >= 15 is 0 Å². The Morgan fingerprint density at radius 2 is 1.83 bits per heavy atom. The number of nitrogen functional groups attached to an aromatic ring is 1. The number of anilines is 1. The summed E-state index contributed by atoms with van der Waals surface area (Å²) < 4.78 is 0. The standard InChI is InChI=1S/C25H29NO2S/c1-24-11-9-17(27)13-15(24)14-21(29-18-5-3-16(26)4-6-18)23-19-7-8-22(28)25(19,2)12-10-20(23)24/h3-6,9,11,13,19-21,23H,7-8,10,12,14,26H2,1-2H3/t19-,20-,21+,23-,24-,25-/m0/s1. The highest BCUT2D eigenvalue weighted by Crippen LogP contribution is 2.65. The van der Waals surface area contributed by atoms with Gasteiger partial charge < -0.3 is 5.73 Å². The van der Waals surface area contributed by atoms with Gasteiger partial charge in [-0.3, -0.25) is 9.59 Å². The molecule has 29 heavy (non-hydrogen) atoms. The van der Waals surface area contributed by atoms with Gasteiger partial charge in [-0.2, -0.15) is 0 Å². The first-order valence-corrected chi connectivity index (χ1v) is 11.7. The number of nitrogens with two attached hydrogens (primary N) is 1. The lowest BCUT2D eigenvalue weighted by Gasteiger charge is -2.58. The summed E-state index contributed by atoms with van der Waals surface area (Å²) in [6.45, 7) is 4.55. The summed E-state index contributed by atoms with van der Waals surface area (Å²) in [7, 11) is 0. The number of hydrogen-bond acceptors (Lipinski definition) is 4. The molecule has 0 aliphatic heterocycles. The number of carbonyl (C=O) groups excluding carboxylic acids is 2. The molecule has 5 rings (SSSR count). The SMILES string of the molecule is C[C@]12C=CC(=O)C=C1C[C@@H](Sc1ccc(N)cc1)[C@@H]1[C@@H]2CC[C@]2(C)C(=O)CC[C@@H]12. The van der Waals surface area contributed by atoms with Crippen LogP contribution >= 0.6 is 11.8 Å². The van der Waals surface area contributed by atoms with Crippen molar-refractivity contribution in [1.82, 2.24) is 0 Å². The molecule has 3 saturated carbocycles. The zero-order valence-electron chi connectivity index (χ0n) is 17.2. The first-order valence-electron chi connectivity index (χ1n) is 10.8. The van der Waals surface area contributed by atoms with Crippen molar-refractivity contribution in [3.63, 3.8) is 0 Å². The topological polar surface area (TPSA) is 60.2 Å². The highest BCUT2D eigenvalue weighted by molar-refractivity contribution is 8.00. The monoisotopic (exact) mass is 407 g/mol. The van der Waals surface area contributed by atoms with Crippen molar-refractivity contribution in [2.24, 2.45) is 28.6 Å². The third-order valence-corrected chi connectivity index (χ3v) is 9.76. The van der Waals surface area contributed by atoms with Crippen molar-refractivity contribution in [1.29, 1.82) is 0 Å². The maximum absolute atomic E-state index is 12.8. The minimum absolute atomic E-state index is 0.0519. The molecule has 1 aromatic carbocycles. The molecule has 0 unspecified atom stereocenters. The number of hydrogen-bond donors (Lipinski definition) is 1. The van der Waals surface area contributed by atoms with Crippen LogP contribution in [0.2, 0.25) is 0 Å². The highest BCUT2D eigenvalue weighted by atomic mass is 32.2. The van der Waals surface area contributed by atoms with Gasteiger partial charge in [0.2, 0.25) is 0 Å². The normalized spacial score (nSPS) is 40.8. The Morgan fingerprint density at radius 1 is 1.07 bits per heavy atom. The fourth-order valence-corrected chi connectivity index (χ4v) is 8.20. The Kier molecular flexibility index (Phi) is 4.36. The molecule has 0 heterocycles. The van der Waals surface area contributed by atoms with E-state index in [0.717, 1.165) is 37.8 Å². The fraction of sp³-hybridized carbons (Fsp3) is 0.520. The molecule has 1 aromatic rings. The summed E-state index contributed by atoms with van der Waals surface area (Å²) in [5, 5.41) is 0.387. The minimum Gasteiger partial charge on any atom is -0.399 e. The van der Waals surface area contributed by atoms with Crippen LogP contribution in [0.3, 0.4) is 0 Å². The van der Waals surface area contributed by atoms with Crippen molar-refractivity contribution >= 4 is 29.0 Å². The molecule has 3 fully saturated rings. The van der Waals surface area contributed by atoms with Gasteiger partial charge in [0.05, 0.1) is 0 Å². The van der Waals surface area contributed by atoms with E-state index in [4.69, 9.17) is 5.73 Å². The number of carbonyl (C=O) groups is 2.